The second-order valence-corrected chi connectivity index (χ2v) is 4.98. The maximum atomic E-state index is 11.7. The SMILES string of the molecule is C[C@@H](CSCC(N)=O)C(=O)N[C@@H](CC(N)=O)C(=O)O. The van der Waals surface area contributed by atoms with Gasteiger partial charge in [-0.2, -0.15) is 11.8 Å². The second-order valence-electron chi connectivity index (χ2n) is 3.95. The molecule has 9 heteroatoms. The molecule has 0 saturated heterocycles. The molecule has 2 atom stereocenters. The Kier molecular flexibility index (Phi) is 7.57. The number of carboxylic acids is 1. The van der Waals surface area contributed by atoms with Gasteiger partial charge < -0.3 is 21.9 Å². The molecule has 8 nitrogen and oxygen atoms in total. The van der Waals surface area contributed by atoms with Crippen molar-refractivity contribution in [3.8, 4) is 0 Å². The van der Waals surface area contributed by atoms with E-state index in [1.165, 1.54) is 11.8 Å². The number of thioether (sulfide) groups is 1. The van der Waals surface area contributed by atoms with E-state index in [0.717, 1.165) is 0 Å². The van der Waals surface area contributed by atoms with E-state index < -0.39 is 42.1 Å². The van der Waals surface area contributed by atoms with Gasteiger partial charge in [-0.15, -0.1) is 0 Å². The van der Waals surface area contributed by atoms with Crippen molar-refractivity contribution in [2.45, 2.75) is 19.4 Å². The molecular weight excluding hydrogens is 274 g/mol. The predicted molar refractivity (Wildman–Crippen MR) is 69.1 cm³/mol. The smallest absolute Gasteiger partial charge is 0.326 e. The number of aliphatic carboxylic acids is 1. The number of rotatable bonds is 9. The molecule has 0 radical (unpaired) electrons. The van der Waals surface area contributed by atoms with Gasteiger partial charge in [0.1, 0.15) is 6.04 Å². The van der Waals surface area contributed by atoms with Crippen molar-refractivity contribution >= 4 is 35.5 Å². The summed E-state index contributed by atoms with van der Waals surface area (Å²) < 4.78 is 0. The molecule has 19 heavy (non-hydrogen) atoms. The summed E-state index contributed by atoms with van der Waals surface area (Å²) in [4.78, 5) is 43.6. The molecule has 0 aliphatic carbocycles. The third kappa shape index (κ3) is 8.03. The Hall–Kier alpha value is -1.77. The van der Waals surface area contributed by atoms with E-state index in [4.69, 9.17) is 16.6 Å². The fourth-order valence-electron chi connectivity index (χ4n) is 1.13. The number of carbonyl (C=O) groups is 4. The molecular formula is C10H17N3O5S. The fraction of sp³-hybridized carbons (Fsp3) is 0.600. The number of hydrogen-bond donors (Lipinski definition) is 4. The first-order chi connectivity index (χ1) is 8.73. The molecule has 6 N–H and O–H groups in total. The normalized spacial score (nSPS) is 13.3. The van der Waals surface area contributed by atoms with Crippen LogP contribution in [0.3, 0.4) is 0 Å². The molecule has 0 saturated carbocycles. The zero-order valence-electron chi connectivity index (χ0n) is 10.4. The summed E-state index contributed by atoms with van der Waals surface area (Å²) in [7, 11) is 0. The third-order valence-corrected chi connectivity index (χ3v) is 3.30. The van der Waals surface area contributed by atoms with Crippen molar-refractivity contribution in [1.82, 2.24) is 5.32 Å². The molecule has 3 amide bonds. The Labute approximate surface area is 114 Å². The Balaban J connectivity index is 4.27. The van der Waals surface area contributed by atoms with Gasteiger partial charge in [0.2, 0.25) is 17.7 Å². The van der Waals surface area contributed by atoms with Crippen LogP contribution in [0, 0.1) is 5.92 Å². The number of carbonyl (C=O) groups excluding carboxylic acids is 3. The third-order valence-electron chi connectivity index (χ3n) is 2.08. The van der Waals surface area contributed by atoms with E-state index in [9.17, 15) is 19.2 Å². The van der Waals surface area contributed by atoms with Crippen LogP contribution in [0.25, 0.3) is 0 Å². The molecule has 0 aromatic heterocycles. The van der Waals surface area contributed by atoms with E-state index in [1.54, 1.807) is 6.92 Å². The standard InChI is InChI=1S/C10H17N3O5S/c1-5(3-19-4-8(12)15)9(16)13-6(10(17)18)2-7(11)14/h5-6H,2-4H2,1H3,(H2,11,14)(H2,12,15)(H,13,16)(H,17,18)/t5-,6-/m0/s1. The van der Waals surface area contributed by atoms with Gasteiger partial charge in [-0.1, -0.05) is 6.92 Å². The summed E-state index contributed by atoms with van der Waals surface area (Å²) in [5.74, 6) is -3.27. The van der Waals surface area contributed by atoms with Gasteiger partial charge >= 0.3 is 5.97 Å². The Bertz CT molecular complexity index is 374. The van der Waals surface area contributed by atoms with Crippen LogP contribution in [0.2, 0.25) is 0 Å². The van der Waals surface area contributed by atoms with Gasteiger partial charge in [0.15, 0.2) is 0 Å². The molecule has 0 spiro atoms. The van der Waals surface area contributed by atoms with Crippen LogP contribution in [-0.2, 0) is 19.2 Å². The molecule has 0 aromatic rings. The Morgan fingerprint density at radius 1 is 1.21 bits per heavy atom. The van der Waals surface area contributed by atoms with Crippen LogP contribution < -0.4 is 16.8 Å². The minimum atomic E-state index is -1.34. The van der Waals surface area contributed by atoms with Gasteiger partial charge in [0, 0.05) is 11.7 Å². The number of amides is 3. The summed E-state index contributed by atoms with van der Waals surface area (Å²) >= 11 is 1.17. The summed E-state index contributed by atoms with van der Waals surface area (Å²) in [5.41, 5.74) is 9.83. The van der Waals surface area contributed by atoms with Crippen LogP contribution in [0.5, 0.6) is 0 Å². The monoisotopic (exact) mass is 291 g/mol. The molecule has 0 fully saturated rings. The number of nitrogens with two attached hydrogens (primary N) is 2. The molecule has 0 aliphatic rings. The van der Waals surface area contributed by atoms with Crippen molar-refractivity contribution in [3.05, 3.63) is 0 Å². The number of hydrogen-bond acceptors (Lipinski definition) is 5. The Morgan fingerprint density at radius 2 is 1.79 bits per heavy atom. The predicted octanol–water partition coefficient (Wildman–Crippen LogP) is -1.71. The zero-order chi connectivity index (χ0) is 15.0. The van der Waals surface area contributed by atoms with Crippen LogP contribution in [0.15, 0.2) is 0 Å². The molecule has 0 aliphatic heterocycles. The summed E-state index contributed by atoms with van der Waals surface area (Å²) in [6.45, 7) is 1.58. The number of nitrogens with one attached hydrogen (secondary N) is 1. The molecule has 0 bridgehead atoms. The lowest BCUT2D eigenvalue weighted by atomic mass is 10.1. The summed E-state index contributed by atoms with van der Waals surface area (Å²) in [6, 6.07) is -1.34. The molecule has 0 aromatic carbocycles. The van der Waals surface area contributed by atoms with Gasteiger partial charge in [0.05, 0.1) is 12.2 Å². The maximum absolute atomic E-state index is 11.7. The highest BCUT2D eigenvalue weighted by molar-refractivity contribution is 7.99. The first-order valence-electron chi connectivity index (χ1n) is 5.41. The Morgan fingerprint density at radius 3 is 2.21 bits per heavy atom. The van der Waals surface area contributed by atoms with E-state index >= 15 is 0 Å². The summed E-state index contributed by atoms with van der Waals surface area (Å²) in [6.07, 6.45) is -0.470. The van der Waals surface area contributed by atoms with E-state index in [0.29, 0.717) is 5.75 Å². The van der Waals surface area contributed by atoms with Gasteiger partial charge in [0.25, 0.3) is 0 Å². The van der Waals surface area contributed by atoms with E-state index in [2.05, 4.69) is 5.32 Å². The fourth-order valence-corrected chi connectivity index (χ4v) is 1.95. The maximum Gasteiger partial charge on any atom is 0.326 e. The minimum absolute atomic E-state index is 0.0846. The van der Waals surface area contributed by atoms with Crippen molar-refractivity contribution < 1.29 is 24.3 Å². The van der Waals surface area contributed by atoms with Crippen molar-refractivity contribution in [1.29, 1.82) is 0 Å². The molecule has 108 valence electrons. The second kappa shape index (κ2) is 8.35. The van der Waals surface area contributed by atoms with E-state index in [1.807, 2.05) is 0 Å². The molecule has 0 heterocycles. The lowest BCUT2D eigenvalue weighted by molar-refractivity contribution is -0.143. The van der Waals surface area contributed by atoms with Gasteiger partial charge in [-0.3, -0.25) is 14.4 Å². The van der Waals surface area contributed by atoms with Crippen molar-refractivity contribution in [2.24, 2.45) is 17.4 Å². The highest BCUT2D eigenvalue weighted by atomic mass is 32.2. The average Bonchev–Trinajstić information content (AvgIpc) is 2.26. The number of carboxylic acid groups (broad SMARTS) is 1. The van der Waals surface area contributed by atoms with Crippen LogP contribution in [0.4, 0.5) is 0 Å². The van der Waals surface area contributed by atoms with E-state index in [-0.39, 0.29) is 5.75 Å². The van der Waals surface area contributed by atoms with Crippen LogP contribution >= 0.6 is 11.8 Å². The van der Waals surface area contributed by atoms with Gasteiger partial charge in [-0.25, -0.2) is 4.79 Å². The first kappa shape index (κ1) is 17.2. The van der Waals surface area contributed by atoms with Crippen molar-refractivity contribution in [3.63, 3.8) is 0 Å². The number of primary amides is 2. The summed E-state index contributed by atoms with van der Waals surface area (Å²) in [5, 5.41) is 11.0. The minimum Gasteiger partial charge on any atom is -0.480 e. The van der Waals surface area contributed by atoms with Crippen LogP contribution in [0.1, 0.15) is 13.3 Å². The topological polar surface area (TPSA) is 153 Å². The largest absolute Gasteiger partial charge is 0.480 e. The lowest BCUT2D eigenvalue weighted by Crippen LogP contribution is -2.45. The highest BCUT2D eigenvalue weighted by Crippen LogP contribution is 2.08. The van der Waals surface area contributed by atoms with Gasteiger partial charge in [-0.05, 0) is 0 Å². The van der Waals surface area contributed by atoms with Crippen molar-refractivity contribution in [2.75, 3.05) is 11.5 Å². The first-order valence-corrected chi connectivity index (χ1v) is 6.57. The molecule has 0 unspecified atom stereocenters. The quantitative estimate of drug-likeness (QED) is 0.396. The average molecular weight is 291 g/mol. The zero-order valence-corrected chi connectivity index (χ0v) is 11.2. The van der Waals surface area contributed by atoms with Crippen LogP contribution in [-0.4, -0.2) is 46.3 Å². The highest BCUT2D eigenvalue weighted by Gasteiger charge is 2.24. The molecule has 0 rings (SSSR count). The lowest BCUT2D eigenvalue weighted by Gasteiger charge is -2.16.